The summed E-state index contributed by atoms with van der Waals surface area (Å²) in [5.41, 5.74) is 0.0184. The summed E-state index contributed by atoms with van der Waals surface area (Å²) >= 11 is 0. The van der Waals surface area contributed by atoms with Crippen LogP contribution < -0.4 is 5.32 Å². The third-order valence-corrected chi connectivity index (χ3v) is 2.71. The molecule has 102 valence electrons. The van der Waals surface area contributed by atoms with Gasteiger partial charge in [0.2, 0.25) is 0 Å². The molecule has 0 amide bonds. The maximum atomic E-state index is 5.75. The molecule has 0 spiro atoms. The van der Waals surface area contributed by atoms with Crippen LogP contribution in [0.1, 0.15) is 34.1 Å². The van der Waals surface area contributed by atoms with Crippen molar-refractivity contribution in [1.82, 2.24) is 5.32 Å². The molecule has 0 saturated carbocycles. The largest absolute Gasteiger partial charge is 0.383 e. The van der Waals surface area contributed by atoms with Gasteiger partial charge in [0.1, 0.15) is 0 Å². The summed E-state index contributed by atoms with van der Waals surface area (Å²) in [5, 5.41) is 3.37. The third kappa shape index (κ3) is 9.33. The summed E-state index contributed by atoms with van der Waals surface area (Å²) in [7, 11) is 1.71. The molecule has 1 unspecified atom stereocenters. The van der Waals surface area contributed by atoms with E-state index in [0.717, 1.165) is 32.7 Å². The monoisotopic (exact) mass is 243 g/mol. The fourth-order valence-corrected chi connectivity index (χ4v) is 1.40. The molecule has 3 heteroatoms. The van der Waals surface area contributed by atoms with Crippen LogP contribution in [0, 0.1) is 5.41 Å². The van der Waals surface area contributed by atoms with E-state index in [0.29, 0.717) is 0 Å². The van der Waals surface area contributed by atoms with Crippen LogP contribution in [0.15, 0.2) is 12.7 Å². The van der Waals surface area contributed by atoms with Crippen molar-refractivity contribution in [2.24, 2.45) is 5.41 Å². The smallest absolute Gasteiger partial charge is 0.0598 e. The predicted molar refractivity (Wildman–Crippen MR) is 73.4 cm³/mol. The van der Waals surface area contributed by atoms with Crippen molar-refractivity contribution >= 4 is 0 Å². The maximum absolute atomic E-state index is 5.75. The molecule has 17 heavy (non-hydrogen) atoms. The Balaban J connectivity index is 3.89. The fraction of sp³-hybridized carbons (Fsp3) is 0.857. The zero-order chi connectivity index (χ0) is 13.4. The normalized spacial score (nSPS) is 15.6. The van der Waals surface area contributed by atoms with Crippen LogP contribution in [0.25, 0.3) is 0 Å². The molecule has 0 bridgehead atoms. The van der Waals surface area contributed by atoms with Crippen molar-refractivity contribution in [3.63, 3.8) is 0 Å². The number of nitrogens with one attached hydrogen (secondary N) is 1. The van der Waals surface area contributed by atoms with Crippen molar-refractivity contribution in [3.8, 4) is 0 Å². The Morgan fingerprint density at radius 1 is 1.18 bits per heavy atom. The molecule has 1 N–H and O–H groups in total. The highest BCUT2D eigenvalue weighted by Gasteiger charge is 2.21. The van der Waals surface area contributed by atoms with Gasteiger partial charge in [-0.2, -0.15) is 0 Å². The van der Waals surface area contributed by atoms with Crippen LogP contribution in [0.5, 0.6) is 0 Å². The van der Waals surface area contributed by atoms with Crippen LogP contribution in [-0.2, 0) is 9.47 Å². The molecular weight excluding hydrogens is 214 g/mol. The summed E-state index contributed by atoms with van der Waals surface area (Å²) in [5.74, 6) is 0. The first kappa shape index (κ1) is 16.6. The minimum atomic E-state index is -0.0639. The molecule has 3 nitrogen and oxygen atoms in total. The van der Waals surface area contributed by atoms with Gasteiger partial charge in [0.15, 0.2) is 0 Å². The lowest BCUT2D eigenvalue weighted by atomic mass is 9.87. The lowest BCUT2D eigenvalue weighted by Crippen LogP contribution is -2.34. The van der Waals surface area contributed by atoms with E-state index in [1.165, 1.54) is 0 Å². The van der Waals surface area contributed by atoms with Gasteiger partial charge in [0.05, 0.1) is 12.2 Å². The minimum Gasteiger partial charge on any atom is -0.383 e. The Bertz CT molecular complexity index is 211. The van der Waals surface area contributed by atoms with E-state index in [2.05, 4.69) is 39.6 Å². The van der Waals surface area contributed by atoms with Crippen LogP contribution >= 0.6 is 0 Å². The van der Waals surface area contributed by atoms with E-state index in [4.69, 9.17) is 9.47 Å². The van der Waals surface area contributed by atoms with Gasteiger partial charge in [-0.05, 0) is 32.6 Å². The van der Waals surface area contributed by atoms with Crippen LogP contribution in [0.3, 0.4) is 0 Å². The van der Waals surface area contributed by atoms with Gasteiger partial charge in [-0.3, -0.25) is 0 Å². The van der Waals surface area contributed by atoms with Crippen LogP contribution in [0.4, 0.5) is 0 Å². The van der Waals surface area contributed by atoms with E-state index < -0.39 is 0 Å². The van der Waals surface area contributed by atoms with Crippen molar-refractivity contribution in [3.05, 3.63) is 12.7 Å². The first-order chi connectivity index (χ1) is 7.83. The highest BCUT2D eigenvalue weighted by molar-refractivity contribution is 4.93. The van der Waals surface area contributed by atoms with E-state index in [1.807, 2.05) is 6.08 Å². The minimum absolute atomic E-state index is 0.0639. The zero-order valence-corrected chi connectivity index (χ0v) is 12.1. The van der Waals surface area contributed by atoms with Gasteiger partial charge < -0.3 is 14.8 Å². The molecule has 0 aliphatic rings. The van der Waals surface area contributed by atoms with Crippen molar-refractivity contribution < 1.29 is 9.47 Å². The number of hydrogen-bond acceptors (Lipinski definition) is 3. The average molecular weight is 243 g/mol. The van der Waals surface area contributed by atoms with Gasteiger partial charge in [-0.25, -0.2) is 0 Å². The molecule has 0 aromatic rings. The zero-order valence-electron chi connectivity index (χ0n) is 12.1. The molecule has 0 radical (unpaired) electrons. The van der Waals surface area contributed by atoms with Gasteiger partial charge in [0, 0.05) is 26.8 Å². The Hall–Kier alpha value is -0.380. The summed E-state index contributed by atoms with van der Waals surface area (Å²) in [4.78, 5) is 0. The predicted octanol–water partition coefficient (Wildman–Crippen LogP) is 2.62. The number of rotatable bonds is 9. The molecule has 0 rings (SSSR count). The molecule has 0 aromatic heterocycles. The Morgan fingerprint density at radius 2 is 1.82 bits per heavy atom. The second-order valence-corrected chi connectivity index (χ2v) is 5.74. The summed E-state index contributed by atoms with van der Waals surface area (Å²) in [6, 6.07) is 0. The van der Waals surface area contributed by atoms with Crippen molar-refractivity contribution in [2.45, 2.75) is 39.7 Å². The molecular formula is C14H29NO2. The molecule has 0 aliphatic carbocycles. The third-order valence-electron chi connectivity index (χ3n) is 2.71. The van der Waals surface area contributed by atoms with Crippen LogP contribution in [-0.4, -0.2) is 39.0 Å². The summed E-state index contributed by atoms with van der Waals surface area (Å²) in [6.45, 7) is 15.6. The molecule has 0 aromatic carbocycles. The standard InChI is InChI=1S/C14H29NO2/c1-7-14(5,12-15-9-11-16-6)8-10-17-13(2,3)4/h7,15H,1,8-12H2,2-6H3. The number of ether oxygens (including phenoxy) is 2. The Morgan fingerprint density at radius 3 is 2.29 bits per heavy atom. The number of methoxy groups -OCH3 is 1. The van der Waals surface area contributed by atoms with E-state index in [-0.39, 0.29) is 11.0 Å². The fourth-order valence-electron chi connectivity index (χ4n) is 1.40. The molecule has 0 saturated heterocycles. The summed E-state index contributed by atoms with van der Waals surface area (Å²) in [6.07, 6.45) is 2.99. The second-order valence-electron chi connectivity index (χ2n) is 5.74. The topological polar surface area (TPSA) is 30.5 Å². The summed E-state index contributed by atoms with van der Waals surface area (Å²) < 4.78 is 10.8. The molecule has 0 aliphatic heterocycles. The van der Waals surface area contributed by atoms with E-state index >= 15 is 0 Å². The quantitative estimate of drug-likeness (QED) is 0.499. The maximum Gasteiger partial charge on any atom is 0.0598 e. The highest BCUT2D eigenvalue weighted by Crippen LogP contribution is 2.22. The average Bonchev–Trinajstić information content (AvgIpc) is 2.23. The molecule has 0 fully saturated rings. The second kappa shape index (κ2) is 7.85. The SMILES string of the molecule is C=CC(C)(CCOC(C)(C)C)CNCCOC. The van der Waals surface area contributed by atoms with Crippen molar-refractivity contribution in [1.29, 1.82) is 0 Å². The van der Waals surface area contributed by atoms with E-state index in [9.17, 15) is 0 Å². The molecule has 0 heterocycles. The Labute approximate surface area is 107 Å². The first-order valence-electron chi connectivity index (χ1n) is 6.30. The first-order valence-corrected chi connectivity index (χ1v) is 6.30. The number of hydrogen-bond donors (Lipinski definition) is 1. The van der Waals surface area contributed by atoms with Gasteiger partial charge in [-0.1, -0.05) is 13.0 Å². The van der Waals surface area contributed by atoms with Gasteiger partial charge >= 0.3 is 0 Å². The Kier molecular flexibility index (Phi) is 7.68. The van der Waals surface area contributed by atoms with Gasteiger partial charge in [-0.15, -0.1) is 6.58 Å². The van der Waals surface area contributed by atoms with Crippen molar-refractivity contribution in [2.75, 3.05) is 33.4 Å². The highest BCUT2D eigenvalue weighted by atomic mass is 16.5. The van der Waals surface area contributed by atoms with Crippen LogP contribution in [0.2, 0.25) is 0 Å². The van der Waals surface area contributed by atoms with Gasteiger partial charge in [0.25, 0.3) is 0 Å². The molecule has 1 atom stereocenters. The van der Waals surface area contributed by atoms with E-state index in [1.54, 1.807) is 7.11 Å². The lowest BCUT2D eigenvalue weighted by Gasteiger charge is -2.28. The lowest BCUT2D eigenvalue weighted by molar-refractivity contribution is -0.0130.